The maximum atomic E-state index is 3.89. The second-order valence-corrected chi connectivity index (χ2v) is 11.9. The second-order valence-electron chi connectivity index (χ2n) is 11.9. The zero-order chi connectivity index (χ0) is 24.0. The van der Waals surface area contributed by atoms with Gasteiger partial charge in [0.1, 0.15) is 0 Å². The number of allylic oxidation sites excluding steroid dienone is 3. The fourth-order valence-electron chi connectivity index (χ4n) is 7.53. The van der Waals surface area contributed by atoms with Crippen molar-refractivity contribution in [3.8, 4) is 11.1 Å². The van der Waals surface area contributed by atoms with Crippen molar-refractivity contribution in [1.29, 1.82) is 0 Å². The van der Waals surface area contributed by atoms with Crippen LogP contribution in [0.2, 0.25) is 0 Å². The van der Waals surface area contributed by atoms with Gasteiger partial charge in [-0.15, -0.1) is 6.58 Å². The van der Waals surface area contributed by atoms with Crippen LogP contribution in [-0.2, 0) is 12.8 Å². The van der Waals surface area contributed by atoms with E-state index < -0.39 is 0 Å². The third-order valence-corrected chi connectivity index (χ3v) is 9.76. The molecular weight excluding hydrogens is 420 g/mol. The highest BCUT2D eigenvalue weighted by Gasteiger charge is 2.29. The summed E-state index contributed by atoms with van der Waals surface area (Å²) in [5.41, 5.74) is 7.60. The number of hydrogen-bond acceptors (Lipinski definition) is 0. The van der Waals surface area contributed by atoms with Gasteiger partial charge in [0, 0.05) is 0 Å². The molecule has 3 aliphatic rings. The Hall–Kier alpha value is -2.08. The Morgan fingerprint density at radius 3 is 2.23 bits per heavy atom. The summed E-state index contributed by atoms with van der Waals surface area (Å²) >= 11 is 0. The van der Waals surface area contributed by atoms with E-state index in [0.29, 0.717) is 0 Å². The summed E-state index contributed by atoms with van der Waals surface area (Å²) in [7, 11) is 0. The topological polar surface area (TPSA) is 0 Å². The summed E-state index contributed by atoms with van der Waals surface area (Å²) in [6, 6.07) is 17.0. The average Bonchev–Trinajstić information content (AvgIpc) is 2.92. The minimum atomic E-state index is 0.762. The molecule has 3 aliphatic carbocycles. The largest absolute Gasteiger partial charge is 0.103 e. The zero-order valence-electron chi connectivity index (χ0n) is 22.1. The van der Waals surface area contributed by atoms with Crippen molar-refractivity contribution in [1.82, 2.24) is 0 Å². The predicted molar refractivity (Wildman–Crippen MR) is 152 cm³/mol. The van der Waals surface area contributed by atoms with Gasteiger partial charge in [0.25, 0.3) is 0 Å². The van der Waals surface area contributed by atoms with Crippen LogP contribution >= 0.6 is 0 Å². The highest BCUT2D eigenvalue weighted by molar-refractivity contribution is 5.65. The molecule has 2 aromatic carbocycles. The Balaban J connectivity index is 1.18. The molecule has 2 aromatic rings. The third-order valence-electron chi connectivity index (χ3n) is 9.76. The van der Waals surface area contributed by atoms with Crippen molar-refractivity contribution in [2.24, 2.45) is 23.7 Å². The standard InChI is InChI=1S/C35H46/c1-3-5-7-27-10-12-28(13-11-27)29-16-18-31(19-17-29)33-21-23-34-24-32(20-22-35(34)25-33)30-14-8-26(6-4-2)9-15-30/h3-4,6,16-19,21,23,25-28,30,32H,1,5,7-15,20,22,24H2,2H3/b6-4+. The normalized spacial score (nSPS) is 29.1. The molecule has 0 saturated heterocycles. The lowest BCUT2D eigenvalue weighted by molar-refractivity contribution is 0.206. The Kier molecular flexibility index (Phi) is 8.27. The highest BCUT2D eigenvalue weighted by Crippen LogP contribution is 2.41. The molecule has 0 heteroatoms. The van der Waals surface area contributed by atoms with Gasteiger partial charge in [-0.05, 0) is 148 Å². The molecule has 2 saturated carbocycles. The Morgan fingerprint density at radius 1 is 0.771 bits per heavy atom. The Bertz CT molecular complexity index is 977. The smallest absolute Gasteiger partial charge is 0.0162 e. The number of fused-ring (bicyclic) bond motifs is 1. The average molecular weight is 467 g/mol. The number of rotatable bonds is 7. The number of benzene rings is 2. The fraction of sp³-hybridized carbons (Fsp3) is 0.543. The van der Waals surface area contributed by atoms with E-state index >= 15 is 0 Å². The molecule has 0 bridgehead atoms. The van der Waals surface area contributed by atoms with Gasteiger partial charge >= 0.3 is 0 Å². The van der Waals surface area contributed by atoms with Crippen molar-refractivity contribution in [3.05, 3.63) is 84.0 Å². The lowest BCUT2D eigenvalue weighted by Crippen LogP contribution is -2.26. The van der Waals surface area contributed by atoms with Crippen LogP contribution in [0.25, 0.3) is 11.1 Å². The van der Waals surface area contributed by atoms with Gasteiger partial charge < -0.3 is 0 Å². The quantitative estimate of drug-likeness (QED) is 0.356. The number of aryl methyl sites for hydroxylation is 1. The fourth-order valence-corrected chi connectivity index (χ4v) is 7.53. The zero-order valence-corrected chi connectivity index (χ0v) is 22.1. The molecule has 0 nitrogen and oxygen atoms in total. The molecule has 2 fully saturated rings. The molecule has 0 N–H and O–H groups in total. The van der Waals surface area contributed by atoms with Crippen LogP contribution in [0.1, 0.15) is 100 Å². The van der Waals surface area contributed by atoms with Crippen LogP contribution in [0.5, 0.6) is 0 Å². The van der Waals surface area contributed by atoms with E-state index in [-0.39, 0.29) is 0 Å². The van der Waals surface area contributed by atoms with Crippen LogP contribution in [0.3, 0.4) is 0 Å². The molecule has 1 unspecified atom stereocenters. The van der Waals surface area contributed by atoms with E-state index in [1.165, 1.54) is 94.6 Å². The first-order valence-corrected chi connectivity index (χ1v) is 14.7. The van der Waals surface area contributed by atoms with E-state index in [1.807, 2.05) is 0 Å². The van der Waals surface area contributed by atoms with Gasteiger partial charge in [0.2, 0.25) is 0 Å². The summed E-state index contributed by atoms with van der Waals surface area (Å²) in [6.45, 7) is 6.06. The third kappa shape index (κ3) is 6.02. The molecule has 1 atom stereocenters. The molecule has 0 heterocycles. The molecule has 0 aliphatic heterocycles. The van der Waals surface area contributed by atoms with E-state index in [0.717, 1.165) is 29.6 Å². The maximum Gasteiger partial charge on any atom is -0.0162 e. The second kappa shape index (κ2) is 11.8. The first-order valence-electron chi connectivity index (χ1n) is 14.7. The van der Waals surface area contributed by atoms with Crippen molar-refractivity contribution in [2.45, 2.75) is 96.3 Å². The summed E-state index contributed by atoms with van der Waals surface area (Å²) < 4.78 is 0. The van der Waals surface area contributed by atoms with E-state index in [4.69, 9.17) is 0 Å². The van der Waals surface area contributed by atoms with Crippen molar-refractivity contribution < 1.29 is 0 Å². The molecule has 0 spiro atoms. The van der Waals surface area contributed by atoms with Crippen molar-refractivity contribution >= 4 is 0 Å². The van der Waals surface area contributed by atoms with Gasteiger partial charge in [-0.25, -0.2) is 0 Å². The molecule has 186 valence electrons. The van der Waals surface area contributed by atoms with Gasteiger partial charge in [0.05, 0.1) is 0 Å². The predicted octanol–water partition coefficient (Wildman–Crippen LogP) is 10.1. The van der Waals surface area contributed by atoms with Gasteiger partial charge in [-0.3, -0.25) is 0 Å². The maximum absolute atomic E-state index is 3.89. The van der Waals surface area contributed by atoms with E-state index in [1.54, 1.807) is 16.7 Å². The van der Waals surface area contributed by atoms with Crippen molar-refractivity contribution in [2.75, 3.05) is 0 Å². The SMILES string of the molecule is C=CCCC1CCC(c2ccc(-c3ccc4c(c3)CCC(C3CCC(/C=C/C)CC3)C4)cc2)CC1. The Morgan fingerprint density at radius 2 is 1.51 bits per heavy atom. The summed E-state index contributed by atoms with van der Waals surface area (Å²) in [6.07, 6.45) is 24.5. The highest BCUT2D eigenvalue weighted by atomic mass is 14.3. The monoisotopic (exact) mass is 466 g/mol. The van der Waals surface area contributed by atoms with Crippen LogP contribution in [0.15, 0.2) is 67.3 Å². The first-order chi connectivity index (χ1) is 17.2. The van der Waals surface area contributed by atoms with Crippen LogP contribution < -0.4 is 0 Å². The van der Waals surface area contributed by atoms with E-state index in [9.17, 15) is 0 Å². The minimum Gasteiger partial charge on any atom is -0.103 e. The molecule has 5 rings (SSSR count). The van der Waals surface area contributed by atoms with Crippen molar-refractivity contribution in [3.63, 3.8) is 0 Å². The Labute approximate surface area is 214 Å². The molecule has 35 heavy (non-hydrogen) atoms. The molecule has 0 amide bonds. The van der Waals surface area contributed by atoms with E-state index in [2.05, 4.69) is 74.2 Å². The lowest BCUT2D eigenvalue weighted by atomic mass is 9.69. The first kappa shape index (κ1) is 24.6. The van der Waals surface area contributed by atoms with Gasteiger partial charge in [0.15, 0.2) is 0 Å². The summed E-state index contributed by atoms with van der Waals surface area (Å²) in [4.78, 5) is 0. The molecule has 0 aromatic heterocycles. The van der Waals surface area contributed by atoms with Crippen LogP contribution in [-0.4, -0.2) is 0 Å². The van der Waals surface area contributed by atoms with Crippen LogP contribution in [0, 0.1) is 23.7 Å². The van der Waals surface area contributed by atoms with Gasteiger partial charge in [-0.1, -0.05) is 60.7 Å². The lowest BCUT2D eigenvalue weighted by Gasteiger charge is -2.36. The molecule has 0 radical (unpaired) electrons. The van der Waals surface area contributed by atoms with Crippen LogP contribution in [0.4, 0.5) is 0 Å². The van der Waals surface area contributed by atoms with Gasteiger partial charge in [-0.2, -0.15) is 0 Å². The summed E-state index contributed by atoms with van der Waals surface area (Å²) in [5, 5.41) is 0. The summed E-state index contributed by atoms with van der Waals surface area (Å²) in [5.74, 6) is 4.39. The molecular formula is C35H46. The number of hydrogen-bond donors (Lipinski definition) is 0. The minimum absolute atomic E-state index is 0.762.